The highest BCUT2D eigenvalue weighted by Crippen LogP contribution is 2.21. The maximum Gasteiger partial charge on any atom is 0.295 e. The molecule has 0 saturated carbocycles. The fourth-order valence-corrected chi connectivity index (χ4v) is 3.45. The number of aromatic nitrogens is 1. The van der Waals surface area contributed by atoms with E-state index in [9.17, 15) is 9.59 Å². The number of carbonyl (C=O) groups is 2. The van der Waals surface area contributed by atoms with E-state index in [0.717, 1.165) is 10.8 Å². The molecular formula is C17H19N3O3S. The number of rotatable bonds is 4. The standard InChI is InChI=1S/C17H19N3O3S/c1-12-11-24-17(18-12)20-9-7-19(8-10-20)16(22)15(21)13-3-5-14(23-2)6-4-13/h3-6,11H,7-10H2,1-2H3. The molecule has 1 aromatic carbocycles. The normalized spacial score (nSPS) is 14.6. The van der Waals surface area contributed by atoms with Crippen LogP contribution in [0.25, 0.3) is 0 Å². The van der Waals surface area contributed by atoms with E-state index in [1.807, 2.05) is 12.3 Å². The van der Waals surface area contributed by atoms with Crippen LogP contribution in [0, 0.1) is 6.92 Å². The van der Waals surface area contributed by atoms with Crippen LogP contribution in [0.4, 0.5) is 5.13 Å². The maximum atomic E-state index is 12.4. The molecule has 6 nitrogen and oxygen atoms in total. The quantitative estimate of drug-likeness (QED) is 0.626. The Bertz CT molecular complexity index is 734. The summed E-state index contributed by atoms with van der Waals surface area (Å²) in [6.45, 7) is 4.40. The highest BCUT2D eigenvalue weighted by atomic mass is 32.1. The number of anilines is 1. The van der Waals surface area contributed by atoms with E-state index < -0.39 is 11.7 Å². The van der Waals surface area contributed by atoms with Crippen molar-refractivity contribution in [3.8, 4) is 5.75 Å². The lowest BCUT2D eigenvalue weighted by atomic mass is 10.1. The van der Waals surface area contributed by atoms with Gasteiger partial charge >= 0.3 is 0 Å². The molecule has 1 aromatic heterocycles. The lowest BCUT2D eigenvalue weighted by Gasteiger charge is -2.34. The van der Waals surface area contributed by atoms with Crippen LogP contribution < -0.4 is 9.64 Å². The van der Waals surface area contributed by atoms with Crippen LogP contribution in [0.15, 0.2) is 29.6 Å². The summed E-state index contributed by atoms with van der Waals surface area (Å²) in [6.07, 6.45) is 0. The largest absolute Gasteiger partial charge is 0.497 e. The molecule has 2 heterocycles. The number of ether oxygens (including phenoxy) is 1. The summed E-state index contributed by atoms with van der Waals surface area (Å²) in [7, 11) is 1.56. The fourth-order valence-electron chi connectivity index (χ4n) is 2.60. The van der Waals surface area contributed by atoms with Gasteiger partial charge in [-0.25, -0.2) is 4.98 Å². The zero-order valence-corrected chi connectivity index (χ0v) is 14.5. The highest BCUT2D eigenvalue weighted by Gasteiger charge is 2.27. The molecular weight excluding hydrogens is 326 g/mol. The first-order valence-electron chi connectivity index (χ1n) is 7.73. The molecule has 1 fully saturated rings. The van der Waals surface area contributed by atoms with E-state index in [0.29, 0.717) is 37.5 Å². The van der Waals surface area contributed by atoms with Gasteiger partial charge in [0.15, 0.2) is 5.13 Å². The molecule has 126 valence electrons. The molecule has 0 aliphatic carbocycles. The van der Waals surface area contributed by atoms with Crippen LogP contribution in [-0.4, -0.2) is 54.9 Å². The molecule has 0 bridgehead atoms. The Morgan fingerprint density at radius 1 is 1.12 bits per heavy atom. The molecule has 0 atom stereocenters. The molecule has 3 rings (SSSR count). The van der Waals surface area contributed by atoms with Crippen LogP contribution in [-0.2, 0) is 4.79 Å². The Labute approximate surface area is 144 Å². The highest BCUT2D eigenvalue weighted by molar-refractivity contribution is 7.13. The first-order valence-corrected chi connectivity index (χ1v) is 8.61. The summed E-state index contributed by atoms with van der Waals surface area (Å²) in [5.41, 5.74) is 1.39. The fraction of sp³-hybridized carbons (Fsp3) is 0.353. The SMILES string of the molecule is COc1ccc(C(=O)C(=O)N2CCN(c3nc(C)cs3)CC2)cc1. The topological polar surface area (TPSA) is 62.7 Å². The third-order valence-electron chi connectivity index (χ3n) is 3.99. The van der Waals surface area contributed by atoms with Crippen molar-refractivity contribution in [2.45, 2.75) is 6.92 Å². The van der Waals surface area contributed by atoms with Crippen LogP contribution in [0.2, 0.25) is 0 Å². The summed E-state index contributed by atoms with van der Waals surface area (Å²) in [6, 6.07) is 6.60. The van der Waals surface area contributed by atoms with Crippen LogP contribution in [0.3, 0.4) is 0 Å². The molecule has 1 amide bonds. The number of hydrogen-bond donors (Lipinski definition) is 0. The number of benzene rings is 1. The van der Waals surface area contributed by atoms with E-state index in [-0.39, 0.29) is 0 Å². The summed E-state index contributed by atoms with van der Waals surface area (Å²) >= 11 is 1.60. The Morgan fingerprint density at radius 2 is 1.79 bits per heavy atom. The van der Waals surface area contributed by atoms with Gasteiger partial charge in [0.05, 0.1) is 12.8 Å². The van der Waals surface area contributed by atoms with Gasteiger partial charge in [-0.15, -0.1) is 11.3 Å². The Morgan fingerprint density at radius 3 is 2.33 bits per heavy atom. The Kier molecular flexibility index (Phi) is 4.80. The number of aryl methyl sites for hydroxylation is 1. The number of nitrogens with zero attached hydrogens (tertiary/aromatic N) is 3. The predicted molar refractivity (Wildman–Crippen MR) is 93.0 cm³/mol. The van der Waals surface area contributed by atoms with Crippen molar-refractivity contribution < 1.29 is 14.3 Å². The lowest BCUT2D eigenvalue weighted by Crippen LogP contribution is -2.50. The smallest absolute Gasteiger partial charge is 0.295 e. The Hall–Kier alpha value is -2.41. The lowest BCUT2D eigenvalue weighted by molar-refractivity contribution is -0.126. The molecule has 1 aliphatic rings. The zero-order valence-electron chi connectivity index (χ0n) is 13.7. The van der Waals surface area contributed by atoms with E-state index in [2.05, 4.69) is 9.88 Å². The average molecular weight is 345 g/mol. The predicted octanol–water partition coefficient (Wildman–Crippen LogP) is 1.99. The van der Waals surface area contributed by atoms with Gasteiger partial charge in [0.2, 0.25) is 5.78 Å². The van der Waals surface area contributed by atoms with Gasteiger partial charge in [-0.1, -0.05) is 0 Å². The third-order valence-corrected chi connectivity index (χ3v) is 5.01. The molecule has 0 unspecified atom stereocenters. The molecule has 0 N–H and O–H groups in total. The van der Waals surface area contributed by atoms with E-state index >= 15 is 0 Å². The number of thiazole rings is 1. The van der Waals surface area contributed by atoms with Crippen molar-refractivity contribution in [2.75, 3.05) is 38.2 Å². The van der Waals surface area contributed by atoms with Gasteiger partial charge in [0.1, 0.15) is 5.75 Å². The molecule has 0 spiro atoms. The van der Waals surface area contributed by atoms with Crippen molar-refractivity contribution in [1.29, 1.82) is 0 Å². The minimum atomic E-state index is -0.476. The second kappa shape index (κ2) is 7.00. The molecule has 7 heteroatoms. The van der Waals surface area contributed by atoms with Gasteiger partial charge in [-0.05, 0) is 31.2 Å². The Balaban J connectivity index is 1.60. The van der Waals surface area contributed by atoms with Crippen molar-refractivity contribution in [1.82, 2.24) is 9.88 Å². The minimum absolute atomic E-state index is 0.388. The minimum Gasteiger partial charge on any atom is -0.497 e. The monoisotopic (exact) mass is 345 g/mol. The van der Waals surface area contributed by atoms with Gasteiger partial charge < -0.3 is 14.5 Å². The summed E-state index contributed by atoms with van der Waals surface area (Å²) in [4.78, 5) is 33.0. The zero-order chi connectivity index (χ0) is 17.1. The van der Waals surface area contributed by atoms with Gasteiger partial charge in [0, 0.05) is 37.1 Å². The average Bonchev–Trinajstić information content (AvgIpc) is 3.07. The molecule has 2 aromatic rings. The number of Topliss-reactive ketones (excluding diaryl/α,β-unsaturated/α-hetero) is 1. The molecule has 1 aliphatic heterocycles. The van der Waals surface area contributed by atoms with Gasteiger partial charge in [0.25, 0.3) is 5.91 Å². The van der Waals surface area contributed by atoms with E-state index in [4.69, 9.17) is 4.74 Å². The summed E-state index contributed by atoms with van der Waals surface area (Å²) in [5, 5.41) is 2.99. The van der Waals surface area contributed by atoms with Crippen molar-refractivity contribution in [3.63, 3.8) is 0 Å². The molecule has 1 saturated heterocycles. The number of carbonyl (C=O) groups excluding carboxylic acids is 2. The third kappa shape index (κ3) is 3.41. The first kappa shape index (κ1) is 16.4. The van der Waals surface area contributed by atoms with Crippen molar-refractivity contribution >= 4 is 28.2 Å². The van der Waals surface area contributed by atoms with E-state index in [1.165, 1.54) is 0 Å². The number of piperazine rings is 1. The van der Waals surface area contributed by atoms with Crippen LogP contribution >= 0.6 is 11.3 Å². The van der Waals surface area contributed by atoms with Gasteiger partial charge in [-0.2, -0.15) is 0 Å². The maximum absolute atomic E-state index is 12.4. The number of hydrogen-bond acceptors (Lipinski definition) is 6. The van der Waals surface area contributed by atoms with E-state index in [1.54, 1.807) is 47.6 Å². The molecule has 24 heavy (non-hydrogen) atoms. The van der Waals surface area contributed by atoms with Gasteiger partial charge in [-0.3, -0.25) is 9.59 Å². The van der Waals surface area contributed by atoms with Crippen LogP contribution in [0.5, 0.6) is 5.75 Å². The number of amides is 1. The summed E-state index contributed by atoms with van der Waals surface area (Å²) < 4.78 is 5.06. The second-order valence-corrected chi connectivity index (χ2v) is 6.44. The van der Waals surface area contributed by atoms with Crippen molar-refractivity contribution in [2.24, 2.45) is 0 Å². The van der Waals surface area contributed by atoms with Crippen LogP contribution in [0.1, 0.15) is 16.1 Å². The molecule has 0 radical (unpaired) electrons. The summed E-state index contributed by atoms with van der Waals surface area (Å²) in [5.74, 6) is -0.266. The second-order valence-electron chi connectivity index (χ2n) is 5.61. The first-order chi connectivity index (χ1) is 11.6. The van der Waals surface area contributed by atoms with Crippen molar-refractivity contribution in [3.05, 3.63) is 40.9 Å². The number of ketones is 1. The number of methoxy groups -OCH3 is 1.